The lowest BCUT2D eigenvalue weighted by molar-refractivity contribution is 0.169. The Morgan fingerprint density at radius 1 is 1.39 bits per heavy atom. The summed E-state index contributed by atoms with van der Waals surface area (Å²) in [6.45, 7) is 4.24. The van der Waals surface area contributed by atoms with E-state index in [0.29, 0.717) is 6.04 Å². The van der Waals surface area contributed by atoms with Gasteiger partial charge in [0.1, 0.15) is 0 Å². The Balaban J connectivity index is 2.01. The highest BCUT2D eigenvalue weighted by Gasteiger charge is 2.22. The first-order chi connectivity index (χ1) is 8.92. The van der Waals surface area contributed by atoms with Crippen LogP contribution in [0.1, 0.15) is 50.6 Å². The Labute approximate surface area is 110 Å². The summed E-state index contributed by atoms with van der Waals surface area (Å²) in [5, 5.41) is 0. The second kappa shape index (κ2) is 7.18. The Hall–Kier alpha value is -1.33. The third-order valence-corrected chi connectivity index (χ3v) is 3.46. The first-order valence-corrected chi connectivity index (χ1v) is 7.01. The van der Waals surface area contributed by atoms with Crippen LogP contribution < -0.4 is 0 Å². The van der Waals surface area contributed by atoms with Gasteiger partial charge in [-0.3, -0.25) is 9.88 Å². The van der Waals surface area contributed by atoms with Crippen molar-refractivity contribution in [1.82, 2.24) is 9.88 Å². The molecule has 2 rings (SSSR count). The maximum Gasteiger partial charge on any atom is 0.0606 e. The van der Waals surface area contributed by atoms with Gasteiger partial charge in [-0.1, -0.05) is 25.3 Å². The molecule has 1 fully saturated rings. The molecular formula is C16H22N2. The van der Waals surface area contributed by atoms with E-state index in [2.05, 4.69) is 34.7 Å². The van der Waals surface area contributed by atoms with Gasteiger partial charge in [-0.25, -0.2) is 0 Å². The SMILES string of the molecule is CCCC#CCN1CCCCC1c1cccnc1. The number of likely N-dealkylation sites (tertiary alicyclic amines) is 1. The fourth-order valence-corrected chi connectivity index (χ4v) is 2.50. The van der Waals surface area contributed by atoms with Crippen molar-refractivity contribution >= 4 is 0 Å². The minimum atomic E-state index is 0.517. The van der Waals surface area contributed by atoms with E-state index in [4.69, 9.17) is 0 Å². The van der Waals surface area contributed by atoms with Crippen molar-refractivity contribution in [2.75, 3.05) is 13.1 Å². The van der Waals surface area contributed by atoms with Crippen LogP contribution >= 0.6 is 0 Å². The molecule has 1 saturated heterocycles. The molecule has 1 aromatic heterocycles. The fraction of sp³-hybridized carbons (Fsp3) is 0.562. The van der Waals surface area contributed by atoms with Gasteiger partial charge < -0.3 is 0 Å². The smallest absolute Gasteiger partial charge is 0.0606 e. The Bertz CT molecular complexity index is 402. The zero-order valence-electron chi connectivity index (χ0n) is 11.2. The van der Waals surface area contributed by atoms with E-state index in [-0.39, 0.29) is 0 Å². The molecule has 0 spiro atoms. The van der Waals surface area contributed by atoms with E-state index >= 15 is 0 Å². The summed E-state index contributed by atoms with van der Waals surface area (Å²) in [6, 6.07) is 4.74. The van der Waals surface area contributed by atoms with Gasteiger partial charge in [0.2, 0.25) is 0 Å². The van der Waals surface area contributed by atoms with Gasteiger partial charge in [-0.05, 0) is 37.4 Å². The first kappa shape index (κ1) is 13.1. The molecule has 0 amide bonds. The van der Waals surface area contributed by atoms with Crippen molar-refractivity contribution in [3.8, 4) is 11.8 Å². The molecular weight excluding hydrogens is 220 g/mol. The molecule has 0 aromatic carbocycles. The topological polar surface area (TPSA) is 16.1 Å². The lowest BCUT2D eigenvalue weighted by Gasteiger charge is -2.34. The van der Waals surface area contributed by atoms with Crippen LogP contribution in [0.3, 0.4) is 0 Å². The molecule has 0 radical (unpaired) electrons. The molecule has 1 unspecified atom stereocenters. The van der Waals surface area contributed by atoms with Gasteiger partial charge in [0.05, 0.1) is 6.54 Å². The quantitative estimate of drug-likeness (QED) is 0.755. The average molecular weight is 242 g/mol. The highest BCUT2D eigenvalue weighted by atomic mass is 15.2. The van der Waals surface area contributed by atoms with E-state index < -0.39 is 0 Å². The molecule has 0 saturated carbocycles. The van der Waals surface area contributed by atoms with Crippen molar-refractivity contribution in [3.05, 3.63) is 30.1 Å². The van der Waals surface area contributed by atoms with E-state index in [1.165, 1.54) is 31.4 Å². The van der Waals surface area contributed by atoms with Crippen LogP contribution in [-0.4, -0.2) is 23.0 Å². The number of hydrogen-bond donors (Lipinski definition) is 0. The monoisotopic (exact) mass is 242 g/mol. The molecule has 0 N–H and O–H groups in total. The van der Waals surface area contributed by atoms with Crippen LogP contribution in [0.5, 0.6) is 0 Å². The molecule has 2 heteroatoms. The molecule has 0 aliphatic carbocycles. The molecule has 2 heterocycles. The lowest BCUT2D eigenvalue weighted by atomic mass is 9.96. The predicted molar refractivity (Wildman–Crippen MR) is 75.1 cm³/mol. The van der Waals surface area contributed by atoms with Crippen molar-refractivity contribution in [3.63, 3.8) is 0 Å². The average Bonchev–Trinajstić information content (AvgIpc) is 2.45. The number of piperidine rings is 1. The van der Waals surface area contributed by atoms with Crippen LogP contribution in [0.15, 0.2) is 24.5 Å². The van der Waals surface area contributed by atoms with Crippen LogP contribution in [0, 0.1) is 11.8 Å². The van der Waals surface area contributed by atoms with E-state index in [9.17, 15) is 0 Å². The summed E-state index contributed by atoms with van der Waals surface area (Å²) < 4.78 is 0. The molecule has 96 valence electrons. The van der Waals surface area contributed by atoms with Gasteiger partial charge in [0.25, 0.3) is 0 Å². The predicted octanol–water partition coefficient (Wildman–Crippen LogP) is 3.41. The second-order valence-corrected chi connectivity index (χ2v) is 4.87. The summed E-state index contributed by atoms with van der Waals surface area (Å²) in [7, 11) is 0. The normalized spacial score (nSPS) is 20.2. The summed E-state index contributed by atoms with van der Waals surface area (Å²) >= 11 is 0. The minimum absolute atomic E-state index is 0.517. The van der Waals surface area contributed by atoms with Crippen molar-refractivity contribution in [2.45, 2.75) is 45.1 Å². The van der Waals surface area contributed by atoms with Gasteiger partial charge in [-0.2, -0.15) is 0 Å². The second-order valence-electron chi connectivity index (χ2n) is 4.87. The lowest BCUT2D eigenvalue weighted by Crippen LogP contribution is -2.33. The maximum absolute atomic E-state index is 4.24. The molecule has 2 nitrogen and oxygen atoms in total. The molecule has 1 aliphatic heterocycles. The summed E-state index contributed by atoms with van der Waals surface area (Å²) in [5.74, 6) is 6.56. The zero-order valence-corrected chi connectivity index (χ0v) is 11.2. The van der Waals surface area contributed by atoms with Crippen molar-refractivity contribution in [2.24, 2.45) is 0 Å². The minimum Gasteiger partial charge on any atom is -0.285 e. The summed E-state index contributed by atoms with van der Waals surface area (Å²) in [4.78, 5) is 6.74. The standard InChI is InChI=1S/C16H22N2/c1-2-3-4-6-12-18-13-7-5-10-16(18)15-9-8-11-17-14-15/h8-9,11,14,16H,2-3,5,7,10,12-13H2,1H3. The number of pyridine rings is 1. The highest BCUT2D eigenvalue weighted by molar-refractivity contribution is 5.15. The fourth-order valence-electron chi connectivity index (χ4n) is 2.50. The largest absolute Gasteiger partial charge is 0.285 e. The number of aromatic nitrogens is 1. The highest BCUT2D eigenvalue weighted by Crippen LogP contribution is 2.29. The number of nitrogens with zero attached hydrogens (tertiary/aromatic N) is 2. The molecule has 0 bridgehead atoms. The Morgan fingerprint density at radius 3 is 3.11 bits per heavy atom. The van der Waals surface area contributed by atoms with Gasteiger partial charge in [0, 0.05) is 24.9 Å². The Kier molecular flexibility index (Phi) is 5.23. The Morgan fingerprint density at radius 2 is 2.33 bits per heavy atom. The first-order valence-electron chi connectivity index (χ1n) is 7.01. The van der Waals surface area contributed by atoms with E-state index in [1.807, 2.05) is 18.5 Å². The van der Waals surface area contributed by atoms with Crippen LogP contribution in [0.25, 0.3) is 0 Å². The van der Waals surface area contributed by atoms with E-state index in [0.717, 1.165) is 19.4 Å². The molecule has 1 aromatic rings. The van der Waals surface area contributed by atoms with Crippen molar-refractivity contribution < 1.29 is 0 Å². The van der Waals surface area contributed by atoms with Gasteiger partial charge in [-0.15, -0.1) is 5.92 Å². The van der Waals surface area contributed by atoms with E-state index in [1.54, 1.807) is 0 Å². The van der Waals surface area contributed by atoms with Crippen LogP contribution in [0.2, 0.25) is 0 Å². The molecule has 18 heavy (non-hydrogen) atoms. The summed E-state index contributed by atoms with van der Waals surface area (Å²) in [6.07, 6.45) is 9.87. The van der Waals surface area contributed by atoms with Gasteiger partial charge in [0.15, 0.2) is 0 Å². The zero-order chi connectivity index (χ0) is 12.6. The molecule has 1 aliphatic rings. The third-order valence-electron chi connectivity index (χ3n) is 3.46. The maximum atomic E-state index is 4.24. The van der Waals surface area contributed by atoms with Gasteiger partial charge >= 0.3 is 0 Å². The van der Waals surface area contributed by atoms with Crippen LogP contribution in [-0.2, 0) is 0 Å². The van der Waals surface area contributed by atoms with Crippen LogP contribution in [0.4, 0.5) is 0 Å². The number of rotatable bonds is 3. The van der Waals surface area contributed by atoms with Crippen molar-refractivity contribution in [1.29, 1.82) is 0 Å². The number of hydrogen-bond acceptors (Lipinski definition) is 2. The summed E-state index contributed by atoms with van der Waals surface area (Å²) in [5.41, 5.74) is 1.34. The number of unbranched alkanes of at least 4 members (excludes halogenated alkanes) is 1. The third kappa shape index (κ3) is 3.58. The molecule has 1 atom stereocenters.